The maximum Gasteiger partial charge on any atom is 0.253 e. The first kappa shape index (κ1) is 18.3. The van der Waals surface area contributed by atoms with Gasteiger partial charge in [-0.3, -0.25) is 9.59 Å². The van der Waals surface area contributed by atoms with Crippen LogP contribution in [-0.4, -0.2) is 48.1 Å². The van der Waals surface area contributed by atoms with Gasteiger partial charge in [0.1, 0.15) is 11.8 Å². The molecule has 0 aromatic heterocycles. The lowest BCUT2D eigenvalue weighted by Gasteiger charge is -2.30. The van der Waals surface area contributed by atoms with E-state index in [9.17, 15) is 9.59 Å². The normalized spacial score (nSPS) is 26.9. The second-order valence-corrected chi connectivity index (χ2v) is 8.15. The van der Waals surface area contributed by atoms with Crippen LogP contribution in [0.4, 0.5) is 5.69 Å². The Balaban J connectivity index is 1.56. The molecule has 3 aliphatic rings. The molecule has 0 saturated carbocycles. The maximum absolute atomic E-state index is 13.6. The number of aryl methyl sites for hydroxylation is 2. The molecule has 3 atom stereocenters. The van der Waals surface area contributed by atoms with Gasteiger partial charge in [-0.2, -0.15) is 0 Å². The van der Waals surface area contributed by atoms with Crippen LogP contribution in [0.25, 0.3) is 0 Å². The Labute approximate surface area is 170 Å². The van der Waals surface area contributed by atoms with E-state index in [1.54, 1.807) is 7.11 Å². The van der Waals surface area contributed by atoms with Gasteiger partial charge in [0.2, 0.25) is 5.91 Å². The van der Waals surface area contributed by atoms with Crippen LogP contribution in [0.3, 0.4) is 0 Å². The highest BCUT2D eigenvalue weighted by Gasteiger charge is 2.62. The van der Waals surface area contributed by atoms with Crippen molar-refractivity contribution >= 4 is 17.5 Å². The van der Waals surface area contributed by atoms with Crippen LogP contribution >= 0.6 is 0 Å². The van der Waals surface area contributed by atoms with Crippen molar-refractivity contribution in [1.82, 2.24) is 10.0 Å². The number of imide groups is 1. The predicted octanol–water partition coefficient (Wildman–Crippen LogP) is 2.85. The summed E-state index contributed by atoms with van der Waals surface area (Å²) in [5.74, 6) is 0.189. The topological polar surface area (TPSA) is 53.1 Å². The van der Waals surface area contributed by atoms with Crippen molar-refractivity contribution in [3.8, 4) is 5.75 Å². The fourth-order valence-electron chi connectivity index (χ4n) is 5.03. The van der Waals surface area contributed by atoms with Gasteiger partial charge in [0, 0.05) is 13.1 Å². The molecule has 6 nitrogen and oxygen atoms in total. The summed E-state index contributed by atoms with van der Waals surface area (Å²) in [4.78, 5) is 28.4. The molecule has 0 unspecified atom stereocenters. The van der Waals surface area contributed by atoms with Crippen molar-refractivity contribution in [2.45, 2.75) is 32.4 Å². The molecule has 3 aliphatic heterocycles. The Morgan fingerprint density at radius 1 is 0.862 bits per heavy atom. The minimum Gasteiger partial charge on any atom is -0.497 e. The molecule has 0 aliphatic carbocycles. The fraction of sp³-hybridized carbons (Fsp3) is 0.391. The molecule has 6 heteroatoms. The first-order valence-electron chi connectivity index (χ1n) is 10.1. The molecule has 0 radical (unpaired) electrons. The first-order valence-corrected chi connectivity index (χ1v) is 10.1. The maximum atomic E-state index is 13.6. The monoisotopic (exact) mass is 391 g/mol. The van der Waals surface area contributed by atoms with E-state index in [1.165, 1.54) is 4.90 Å². The number of ether oxygens (including phenoxy) is 1. The molecule has 5 rings (SSSR count). The minimum absolute atomic E-state index is 0.0986. The Morgan fingerprint density at radius 2 is 1.55 bits per heavy atom. The number of carbonyl (C=O) groups excluding carboxylic acids is 2. The molecule has 0 bridgehead atoms. The van der Waals surface area contributed by atoms with Gasteiger partial charge in [-0.05, 0) is 61.2 Å². The SMILES string of the molecule is COc1ccc([C@@H]2[C@@H]3C(=O)N(c4ccc(C)c(C)c4)C(=O)[C@H]3N3CCCN23)cc1. The molecule has 29 heavy (non-hydrogen) atoms. The Hall–Kier alpha value is -2.70. The molecule has 0 spiro atoms. The lowest BCUT2D eigenvalue weighted by Crippen LogP contribution is -2.44. The molecule has 150 valence electrons. The number of nitrogens with zero attached hydrogens (tertiary/aromatic N) is 3. The average Bonchev–Trinajstić information content (AvgIpc) is 3.37. The van der Waals surface area contributed by atoms with Crippen LogP contribution in [0.15, 0.2) is 42.5 Å². The Kier molecular flexibility index (Phi) is 4.22. The summed E-state index contributed by atoms with van der Waals surface area (Å²) in [7, 11) is 1.64. The molecule has 2 amide bonds. The van der Waals surface area contributed by atoms with Crippen molar-refractivity contribution in [3.05, 3.63) is 59.2 Å². The summed E-state index contributed by atoms with van der Waals surface area (Å²) < 4.78 is 5.29. The highest BCUT2D eigenvalue weighted by molar-refractivity contribution is 6.24. The first-order chi connectivity index (χ1) is 14.0. The van der Waals surface area contributed by atoms with E-state index in [-0.39, 0.29) is 17.9 Å². The third-order valence-electron chi connectivity index (χ3n) is 6.61. The number of hydrogen-bond acceptors (Lipinski definition) is 5. The van der Waals surface area contributed by atoms with Crippen LogP contribution in [0.1, 0.15) is 29.2 Å². The smallest absolute Gasteiger partial charge is 0.253 e. The summed E-state index contributed by atoms with van der Waals surface area (Å²) in [6, 6.07) is 13.1. The van der Waals surface area contributed by atoms with Crippen LogP contribution in [0.2, 0.25) is 0 Å². The predicted molar refractivity (Wildman–Crippen MR) is 109 cm³/mol. The third kappa shape index (κ3) is 2.63. The lowest BCUT2D eigenvalue weighted by molar-refractivity contribution is -0.126. The highest BCUT2D eigenvalue weighted by Crippen LogP contribution is 2.49. The number of benzene rings is 2. The summed E-state index contributed by atoms with van der Waals surface area (Å²) >= 11 is 0. The lowest BCUT2D eigenvalue weighted by atomic mass is 9.90. The van der Waals surface area contributed by atoms with Gasteiger partial charge in [0.15, 0.2) is 0 Å². The Morgan fingerprint density at radius 3 is 2.21 bits per heavy atom. The van der Waals surface area contributed by atoms with Gasteiger partial charge < -0.3 is 4.74 Å². The van der Waals surface area contributed by atoms with Crippen LogP contribution < -0.4 is 9.64 Å². The van der Waals surface area contributed by atoms with Gasteiger partial charge in [-0.25, -0.2) is 14.9 Å². The van der Waals surface area contributed by atoms with Gasteiger partial charge in [-0.1, -0.05) is 18.2 Å². The number of hydrogen-bond donors (Lipinski definition) is 0. The molecular weight excluding hydrogens is 366 g/mol. The van der Waals surface area contributed by atoms with Crippen LogP contribution in [0, 0.1) is 19.8 Å². The molecule has 3 fully saturated rings. The second kappa shape index (κ2) is 6.68. The van der Waals surface area contributed by atoms with Gasteiger partial charge >= 0.3 is 0 Å². The number of fused-ring (bicyclic) bond motifs is 3. The van der Waals surface area contributed by atoms with Crippen molar-refractivity contribution in [2.24, 2.45) is 5.92 Å². The largest absolute Gasteiger partial charge is 0.497 e. The minimum atomic E-state index is -0.418. The third-order valence-corrected chi connectivity index (χ3v) is 6.61. The molecule has 2 aromatic carbocycles. The summed E-state index contributed by atoms with van der Waals surface area (Å²) in [5.41, 5.74) is 3.95. The van der Waals surface area contributed by atoms with E-state index < -0.39 is 12.0 Å². The van der Waals surface area contributed by atoms with Crippen molar-refractivity contribution < 1.29 is 14.3 Å². The van der Waals surface area contributed by atoms with Gasteiger partial charge in [-0.15, -0.1) is 0 Å². The van der Waals surface area contributed by atoms with Crippen molar-refractivity contribution in [2.75, 3.05) is 25.1 Å². The number of methoxy groups -OCH3 is 1. The van der Waals surface area contributed by atoms with Crippen LogP contribution in [0.5, 0.6) is 5.75 Å². The number of carbonyl (C=O) groups is 2. The average molecular weight is 391 g/mol. The highest BCUT2D eigenvalue weighted by atomic mass is 16.5. The quantitative estimate of drug-likeness (QED) is 0.753. The molecule has 3 saturated heterocycles. The zero-order valence-corrected chi connectivity index (χ0v) is 17.0. The van der Waals surface area contributed by atoms with E-state index in [1.807, 2.05) is 56.3 Å². The molecular formula is C23H25N3O3. The zero-order valence-electron chi connectivity index (χ0n) is 17.0. The Bertz CT molecular complexity index is 987. The van der Waals surface area contributed by atoms with E-state index in [0.29, 0.717) is 5.69 Å². The fourth-order valence-corrected chi connectivity index (χ4v) is 5.03. The van der Waals surface area contributed by atoms with E-state index in [2.05, 4.69) is 10.0 Å². The van der Waals surface area contributed by atoms with E-state index >= 15 is 0 Å². The van der Waals surface area contributed by atoms with Gasteiger partial charge in [0.05, 0.1) is 24.8 Å². The molecule has 2 aromatic rings. The van der Waals surface area contributed by atoms with Crippen molar-refractivity contribution in [3.63, 3.8) is 0 Å². The molecule has 0 N–H and O–H groups in total. The number of hydrazine groups is 1. The zero-order chi connectivity index (χ0) is 20.3. The number of rotatable bonds is 3. The molecule has 3 heterocycles. The van der Waals surface area contributed by atoms with E-state index in [4.69, 9.17) is 4.74 Å². The standard InChI is InChI=1S/C23H25N3O3/c1-14-5-8-17(13-15(14)2)26-22(27)19-20(16-6-9-18(29-3)10-7-16)24-11-4-12-25(24)21(19)23(26)28/h5-10,13,19-21H,4,11-12H2,1-3H3/t19-,20+,21-/m0/s1. The van der Waals surface area contributed by atoms with E-state index in [0.717, 1.165) is 42.0 Å². The van der Waals surface area contributed by atoms with Gasteiger partial charge in [0.25, 0.3) is 5.91 Å². The van der Waals surface area contributed by atoms with Crippen molar-refractivity contribution in [1.29, 1.82) is 0 Å². The second-order valence-electron chi connectivity index (χ2n) is 8.15. The van der Waals surface area contributed by atoms with Crippen LogP contribution in [-0.2, 0) is 9.59 Å². The summed E-state index contributed by atoms with van der Waals surface area (Å²) in [6.07, 6.45) is 1.00. The number of amides is 2. The summed E-state index contributed by atoms with van der Waals surface area (Å²) in [5, 5.41) is 4.35. The summed E-state index contributed by atoms with van der Waals surface area (Å²) in [6.45, 7) is 5.72. The number of anilines is 1.